The van der Waals surface area contributed by atoms with Gasteiger partial charge in [0.1, 0.15) is 6.10 Å². The van der Waals surface area contributed by atoms with Gasteiger partial charge in [-0.1, -0.05) is 0 Å². The maximum absolute atomic E-state index is 12.5. The molecule has 1 unspecified atom stereocenters. The van der Waals surface area contributed by atoms with Crippen LogP contribution in [0, 0.1) is 0 Å². The summed E-state index contributed by atoms with van der Waals surface area (Å²) in [5.74, 6) is 0.191. The highest BCUT2D eigenvalue weighted by atomic mass is 19.4. The van der Waals surface area contributed by atoms with Gasteiger partial charge in [-0.05, 0) is 12.1 Å². The van der Waals surface area contributed by atoms with Gasteiger partial charge in [0.25, 0.3) is 11.9 Å². The summed E-state index contributed by atoms with van der Waals surface area (Å²) in [4.78, 5) is 17.5. The first-order valence-electron chi connectivity index (χ1n) is 7.50. The SMILES string of the molecule is COc1ccc(C(=O)N2CCC(Oc3ccc(C(F)(F)F)cn3)C2)o1. The van der Waals surface area contributed by atoms with Crippen molar-refractivity contribution in [3.8, 4) is 11.8 Å². The molecule has 134 valence electrons. The van der Waals surface area contributed by atoms with E-state index < -0.39 is 11.7 Å². The van der Waals surface area contributed by atoms with Gasteiger partial charge in [-0.15, -0.1) is 0 Å². The summed E-state index contributed by atoms with van der Waals surface area (Å²) in [5.41, 5.74) is -0.838. The molecule has 1 aliphatic heterocycles. The average Bonchev–Trinajstić information content (AvgIpc) is 3.23. The Bertz CT molecular complexity index is 743. The van der Waals surface area contributed by atoms with E-state index >= 15 is 0 Å². The van der Waals surface area contributed by atoms with Crippen molar-refractivity contribution in [1.29, 1.82) is 0 Å². The number of nitrogens with zero attached hydrogens (tertiary/aromatic N) is 2. The van der Waals surface area contributed by atoms with Crippen LogP contribution in [0.15, 0.2) is 34.9 Å². The predicted molar refractivity (Wildman–Crippen MR) is 79.4 cm³/mol. The molecule has 25 heavy (non-hydrogen) atoms. The molecule has 3 heterocycles. The highest BCUT2D eigenvalue weighted by Crippen LogP contribution is 2.29. The molecule has 2 aromatic heterocycles. The number of hydrogen-bond donors (Lipinski definition) is 0. The average molecular weight is 356 g/mol. The van der Waals surface area contributed by atoms with Gasteiger partial charge < -0.3 is 18.8 Å². The van der Waals surface area contributed by atoms with Crippen molar-refractivity contribution in [3.63, 3.8) is 0 Å². The van der Waals surface area contributed by atoms with Crippen molar-refractivity contribution < 1.29 is 31.9 Å². The van der Waals surface area contributed by atoms with Gasteiger partial charge in [0, 0.05) is 31.3 Å². The third kappa shape index (κ3) is 3.86. The lowest BCUT2D eigenvalue weighted by Gasteiger charge is -2.16. The quantitative estimate of drug-likeness (QED) is 0.843. The Balaban J connectivity index is 1.58. The number of aromatic nitrogens is 1. The molecule has 0 saturated carbocycles. The summed E-state index contributed by atoms with van der Waals surface area (Å²) < 4.78 is 53.2. The largest absolute Gasteiger partial charge is 0.472 e. The Morgan fingerprint density at radius 2 is 2.12 bits per heavy atom. The number of furan rings is 1. The first kappa shape index (κ1) is 17.1. The van der Waals surface area contributed by atoms with E-state index in [1.165, 1.54) is 19.2 Å². The first-order valence-corrected chi connectivity index (χ1v) is 7.50. The van der Waals surface area contributed by atoms with Crippen LogP contribution in [-0.4, -0.2) is 42.1 Å². The number of rotatable bonds is 4. The van der Waals surface area contributed by atoms with Crippen LogP contribution in [0.3, 0.4) is 0 Å². The predicted octanol–water partition coefficient (Wildman–Crippen LogP) is 3.00. The van der Waals surface area contributed by atoms with Crippen molar-refractivity contribution in [1.82, 2.24) is 9.88 Å². The molecule has 9 heteroatoms. The zero-order chi connectivity index (χ0) is 18.0. The highest BCUT2D eigenvalue weighted by molar-refractivity contribution is 5.91. The number of ether oxygens (including phenoxy) is 2. The van der Waals surface area contributed by atoms with Gasteiger partial charge in [-0.25, -0.2) is 4.98 Å². The van der Waals surface area contributed by atoms with Gasteiger partial charge in [-0.3, -0.25) is 4.79 Å². The molecule has 6 nitrogen and oxygen atoms in total. The minimum atomic E-state index is -4.44. The number of carbonyl (C=O) groups excluding carboxylic acids is 1. The normalized spacial score (nSPS) is 17.6. The number of alkyl halides is 3. The molecule has 2 aromatic rings. The highest BCUT2D eigenvalue weighted by Gasteiger charge is 2.32. The van der Waals surface area contributed by atoms with Crippen LogP contribution in [0.4, 0.5) is 13.2 Å². The zero-order valence-corrected chi connectivity index (χ0v) is 13.2. The van der Waals surface area contributed by atoms with Crippen LogP contribution in [-0.2, 0) is 6.18 Å². The monoisotopic (exact) mass is 356 g/mol. The van der Waals surface area contributed by atoms with Gasteiger partial charge >= 0.3 is 6.18 Å². The third-order valence-corrected chi connectivity index (χ3v) is 3.78. The molecule has 0 aliphatic carbocycles. The smallest absolute Gasteiger partial charge is 0.417 e. The molecule has 1 amide bonds. The number of likely N-dealkylation sites (tertiary alicyclic amines) is 1. The number of amides is 1. The number of halogens is 3. The maximum Gasteiger partial charge on any atom is 0.417 e. The van der Waals surface area contributed by atoms with E-state index in [2.05, 4.69) is 4.98 Å². The summed E-state index contributed by atoms with van der Waals surface area (Å²) in [6, 6.07) is 5.15. The fourth-order valence-corrected chi connectivity index (χ4v) is 2.50. The Morgan fingerprint density at radius 1 is 1.32 bits per heavy atom. The van der Waals surface area contributed by atoms with Crippen LogP contribution in [0.1, 0.15) is 22.5 Å². The molecular formula is C16H15F3N2O4. The molecular weight excluding hydrogens is 341 g/mol. The van der Waals surface area contributed by atoms with Crippen LogP contribution in [0.25, 0.3) is 0 Å². The van der Waals surface area contributed by atoms with Gasteiger partial charge in [0.2, 0.25) is 5.88 Å². The van der Waals surface area contributed by atoms with Crippen molar-refractivity contribution in [2.45, 2.75) is 18.7 Å². The van der Waals surface area contributed by atoms with Crippen LogP contribution in [0.2, 0.25) is 0 Å². The number of pyridine rings is 1. The van der Waals surface area contributed by atoms with Crippen LogP contribution < -0.4 is 9.47 Å². The van der Waals surface area contributed by atoms with E-state index in [0.29, 0.717) is 19.5 Å². The molecule has 1 aliphatic rings. The Labute approximate surface area is 141 Å². The van der Waals surface area contributed by atoms with E-state index in [1.54, 1.807) is 11.0 Å². The molecule has 3 rings (SSSR count). The number of hydrogen-bond acceptors (Lipinski definition) is 5. The van der Waals surface area contributed by atoms with Crippen molar-refractivity contribution in [2.75, 3.05) is 20.2 Å². The Hall–Kier alpha value is -2.71. The van der Waals surface area contributed by atoms with Crippen molar-refractivity contribution in [2.24, 2.45) is 0 Å². The van der Waals surface area contributed by atoms with Gasteiger partial charge in [0.15, 0.2) is 5.76 Å². The second kappa shape index (κ2) is 6.66. The Kier molecular flexibility index (Phi) is 4.56. The second-order valence-corrected chi connectivity index (χ2v) is 5.49. The number of carbonyl (C=O) groups is 1. The standard InChI is InChI=1S/C16H15F3N2O4/c1-23-14-5-3-12(25-14)15(22)21-7-6-11(9-21)24-13-4-2-10(8-20-13)16(17,18)19/h2-5,8,11H,6-7,9H2,1H3. The van der Waals surface area contributed by atoms with Crippen molar-refractivity contribution in [3.05, 3.63) is 41.8 Å². The van der Waals surface area contributed by atoms with Crippen molar-refractivity contribution >= 4 is 5.91 Å². The molecule has 0 spiro atoms. The fourth-order valence-electron chi connectivity index (χ4n) is 2.50. The molecule has 1 fully saturated rings. The van der Waals surface area contributed by atoms with Crippen LogP contribution >= 0.6 is 0 Å². The first-order chi connectivity index (χ1) is 11.9. The Morgan fingerprint density at radius 3 is 2.72 bits per heavy atom. The van der Waals surface area contributed by atoms with Gasteiger partial charge in [-0.2, -0.15) is 13.2 Å². The summed E-state index contributed by atoms with van der Waals surface area (Å²) in [7, 11) is 1.43. The zero-order valence-electron chi connectivity index (χ0n) is 13.2. The minimum Gasteiger partial charge on any atom is -0.472 e. The van der Waals surface area contributed by atoms with E-state index in [9.17, 15) is 18.0 Å². The third-order valence-electron chi connectivity index (χ3n) is 3.78. The fraction of sp³-hybridized carbons (Fsp3) is 0.375. The lowest BCUT2D eigenvalue weighted by Crippen LogP contribution is -2.30. The van der Waals surface area contributed by atoms with E-state index in [1.807, 2.05) is 0 Å². The maximum atomic E-state index is 12.5. The summed E-state index contributed by atoms with van der Waals surface area (Å²) >= 11 is 0. The molecule has 0 aromatic carbocycles. The number of methoxy groups -OCH3 is 1. The molecule has 1 atom stereocenters. The summed E-state index contributed by atoms with van der Waals surface area (Å²) in [6.45, 7) is 0.748. The molecule has 0 radical (unpaired) electrons. The lowest BCUT2D eigenvalue weighted by molar-refractivity contribution is -0.137. The van der Waals surface area contributed by atoms with E-state index in [-0.39, 0.29) is 29.6 Å². The molecule has 1 saturated heterocycles. The summed E-state index contributed by atoms with van der Waals surface area (Å²) in [5, 5.41) is 0. The minimum absolute atomic E-state index is 0.0898. The van der Waals surface area contributed by atoms with Crippen LogP contribution in [0.5, 0.6) is 11.8 Å². The second-order valence-electron chi connectivity index (χ2n) is 5.49. The molecule has 0 bridgehead atoms. The molecule has 0 N–H and O–H groups in total. The van der Waals surface area contributed by atoms with E-state index in [4.69, 9.17) is 13.9 Å². The van der Waals surface area contributed by atoms with E-state index in [0.717, 1.165) is 12.3 Å². The topological polar surface area (TPSA) is 64.8 Å². The lowest BCUT2D eigenvalue weighted by atomic mass is 10.3. The van der Waals surface area contributed by atoms with Gasteiger partial charge in [0.05, 0.1) is 19.2 Å². The summed E-state index contributed by atoms with van der Waals surface area (Å²) in [6.07, 6.45) is -3.51.